The third kappa shape index (κ3) is 4.02. The Morgan fingerprint density at radius 1 is 1.44 bits per heavy atom. The fourth-order valence-electron chi connectivity index (χ4n) is 2.55. The first-order valence-corrected chi connectivity index (χ1v) is 7.02. The van der Waals surface area contributed by atoms with Crippen LogP contribution in [0.1, 0.15) is 26.2 Å². The van der Waals surface area contributed by atoms with Crippen molar-refractivity contribution >= 4 is 13.4 Å². The van der Waals surface area contributed by atoms with Gasteiger partial charge in [-0.2, -0.15) is 0 Å². The maximum atomic E-state index is 5.74. The second-order valence-corrected chi connectivity index (χ2v) is 5.34. The molecule has 1 atom stereocenters. The van der Waals surface area contributed by atoms with E-state index in [4.69, 9.17) is 4.74 Å². The van der Waals surface area contributed by atoms with Crippen LogP contribution in [0, 0.1) is 11.8 Å². The number of nitrogens with one attached hydrogen (secondary N) is 1. The van der Waals surface area contributed by atoms with Crippen molar-refractivity contribution in [2.45, 2.75) is 26.2 Å². The Balaban J connectivity index is 1.69. The summed E-state index contributed by atoms with van der Waals surface area (Å²) in [6, 6.07) is 3.99. The van der Waals surface area contributed by atoms with Gasteiger partial charge in [0.05, 0.1) is 12.8 Å². The molecular formula is C14H23BN2O. The summed E-state index contributed by atoms with van der Waals surface area (Å²) in [6.07, 6.45) is 5.57. The molecule has 0 amide bonds. The predicted octanol–water partition coefficient (Wildman–Crippen LogP) is 0.745. The lowest BCUT2D eigenvalue weighted by Gasteiger charge is -2.28. The third-order valence-corrected chi connectivity index (χ3v) is 3.91. The summed E-state index contributed by atoms with van der Waals surface area (Å²) in [7, 11) is 1.99. The molecule has 18 heavy (non-hydrogen) atoms. The minimum absolute atomic E-state index is 0.755. The van der Waals surface area contributed by atoms with Crippen LogP contribution in [-0.2, 0) is 0 Å². The molecule has 1 fully saturated rings. The molecule has 0 spiro atoms. The Labute approximate surface area is 111 Å². The van der Waals surface area contributed by atoms with Gasteiger partial charge in [-0.1, -0.05) is 6.92 Å². The summed E-state index contributed by atoms with van der Waals surface area (Å²) in [6.45, 7) is 5.51. The summed E-state index contributed by atoms with van der Waals surface area (Å²) in [5, 5.41) is 3.42. The van der Waals surface area contributed by atoms with E-state index in [1.165, 1.54) is 25.9 Å². The first kappa shape index (κ1) is 13.4. The first-order valence-electron chi connectivity index (χ1n) is 7.02. The van der Waals surface area contributed by atoms with Crippen molar-refractivity contribution in [1.82, 2.24) is 10.3 Å². The van der Waals surface area contributed by atoms with E-state index in [2.05, 4.69) is 17.2 Å². The van der Waals surface area contributed by atoms with Crippen molar-refractivity contribution in [2.24, 2.45) is 11.8 Å². The second kappa shape index (κ2) is 6.79. The molecule has 1 aliphatic rings. The Kier molecular flexibility index (Phi) is 5.06. The van der Waals surface area contributed by atoms with Crippen LogP contribution >= 0.6 is 0 Å². The normalized spacial score (nSPS) is 18.5. The number of aromatic nitrogens is 1. The number of ether oxygens (including phenoxy) is 1. The molecule has 2 heterocycles. The van der Waals surface area contributed by atoms with Crippen molar-refractivity contribution < 1.29 is 4.74 Å². The van der Waals surface area contributed by atoms with Crippen LogP contribution in [0.2, 0.25) is 0 Å². The number of rotatable bonds is 5. The molecule has 2 rings (SSSR count). The molecule has 1 aromatic rings. The molecule has 98 valence electrons. The van der Waals surface area contributed by atoms with E-state index < -0.39 is 0 Å². The summed E-state index contributed by atoms with van der Waals surface area (Å²) in [5.74, 6) is 2.51. The van der Waals surface area contributed by atoms with Gasteiger partial charge in [-0.05, 0) is 61.9 Å². The van der Waals surface area contributed by atoms with E-state index in [9.17, 15) is 0 Å². The first-order chi connectivity index (χ1) is 8.75. The second-order valence-electron chi connectivity index (χ2n) is 5.34. The highest BCUT2D eigenvalue weighted by molar-refractivity contribution is 6.30. The summed E-state index contributed by atoms with van der Waals surface area (Å²) >= 11 is 0. The lowest BCUT2D eigenvalue weighted by atomic mass is 9.84. The van der Waals surface area contributed by atoms with Gasteiger partial charge in [-0.15, -0.1) is 0 Å². The summed E-state index contributed by atoms with van der Waals surface area (Å²) in [4.78, 5) is 4.23. The van der Waals surface area contributed by atoms with Gasteiger partial charge >= 0.3 is 0 Å². The highest BCUT2D eigenvalue weighted by atomic mass is 16.5. The molecule has 1 saturated heterocycles. The van der Waals surface area contributed by atoms with Crippen molar-refractivity contribution in [1.29, 1.82) is 0 Å². The Morgan fingerprint density at radius 2 is 2.22 bits per heavy atom. The fourth-order valence-corrected chi connectivity index (χ4v) is 2.55. The molecule has 3 nitrogen and oxygen atoms in total. The van der Waals surface area contributed by atoms with E-state index in [-0.39, 0.29) is 0 Å². The van der Waals surface area contributed by atoms with Crippen LogP contribution in [0.15, 0.2) is 18.3 Å². The van der Waals surface area contributed by atoms with Crippen molar-refractivity contribution in [2.75, 3.05) is 19.7 Å². The van der Waals surface area contributed by atoms with Crippen molar-refractivity contribution in [3.63, 3.8) is 0 Å². The van der Waals surface area contributed by atoms with Gasteiger partial charge in [0.2, 0.25) is 0 Å². The molecule has 0 aliphatic carbocycles. The smallest absolute Gasteiger partial charge is 0.163 e. The van der Waals surface area contributed by atoms with Crippen molar-refractivity contribution in [3.8, 4) is 5.75 Å². The molecule has 1 aliphatic heterocycles. The van der Waals surface area contributed by atoms with Crippen molar-refractivity contribution in [3.05, 3.63) is 18.3 Å². The van der Waals surface area contributed by atoms with Gasteiger partial charge in [0.25, 0.3) is 0 Å². The number of nitrogens with zero attached hydrogens (tertiary/aromatic N) is 1. The van der Waals surface area contributed by atoms with Gasteiger partial charge in [0, 0.05) is 0 Å². The minimum Gasteiger partial charge on any atom is -0.492 e. The van der Waals surface area contributed by atoms with Crippen LogP contribution < -0.4 is 15.6 Å². The zero-order valence-corrected chi connectivity index (χ0v) is 11.5. The molecular weight excluding hydrogens is 223 g/mol. The molecule has 0 bridgehead atoms. The Morgan fingerprint density at radius 3 is 2.89 bits per heavy atom. The summed E-state index contributed by atoms with van der Waals surface area (Å²) < 4.78 is 5.74. The van der Waals surface area contributed by atoms with Gasteiger partial charge in [-0.25, -0.2) is 0 Å². The molecule has 1 aromatic heterocycles. The van der Waals surface area contributed by atoms with Gasteiger partial charge < -0.3 is 10.1 Å². The van der Waals surface area contributed by atoms with E-state index in [0.29, 0.717) is 0 Å². The highest BCUT2D eigenvalue weighted by Crippen LogP contribution is 2.24. The van der Waals surface area contributed by atoms with E-state index >= 15 is 0 Å². The number of pyridine rings is 1. The molecule has 4 heteroatoms. The van der Waals surface area contributed by atoms with E-state index in [0.717, 1.165) is 36.2 Å². The molecule has 0 radical (unpaired) electrons. The molecule has 0 saturated carbocycles. The lowest BCUT2D eigenvalue weighted by molar-refractivity contribution is 0.215. The van der Waals surface area contributed by atoms with Crippen LogP contribution in [-0.4, -0.2) is 32.5 Å². The average molecular weight is 246 g/mol. The number of hydrogen-bond donors (Lipinski definition) is 1. The van der Waals surface area contributed by atoms with Crippen LogP contribution in [0.25, 0.3) is 0 Å². The zero-order valence-electron chi connectivity index (χ0n) is 11.5. The van der Waals surface area contributed by atoms with Crippen LogP contribution in [0.3, 0.4) is 0 Å². The number of piperidine rings is 1. The maximum Gasteiger partial charge on any atom is 0.163 e. The van der Waals surface area contributed by atoms with Crippen LogP contribution in [0.5, 0.6) is 5.75 Å². The molecule has 0 unspecified atom stereocenters. The van der Waals surface area contributed by atoms with Crippen LogP contribution in [0.4, 0.5) is 0 Å². The Bertz CT molecular complexity index is 349. The zero-order chi connectivity index (χ0) is 12.8. The monoisotopic (exact) mass is 246 g/mol. The topological polar surface area (TPSA) is 34.1 Å². The molecule has 1 N–H and O–H groups in total. The standard InChI is InChI=1S/C14H23BN2O/c1-11(12-4-7-16-8-5-12)6-9-18-13-2-3-14(15)17-10-13/h2-3,10-12,16H,4-9,15H2,1H3/t11-/m1/s1. The minimum atomic E-state index is 0.755. The van der Waals surface area contributed by atoms with Gasteiger partial charge in [0.15, 0.2) is 7.85 Å². The van der Waals surface area contributed by atoms with E-state index in [1.54, 1.807) is 0 Å². The SMILES string of the molecule is Bc1ccc(OCC[C@@H](C)C2CCNCC2)cn1. The predicted molar refractivity (Wildman–Crippen MR) is 77.3 cm³/mol. The lowest BCUT2D eigenvalue weighted by Crippen LogP contribution is -2.31. The molecule has 0 aromatic carbocycles. The van der Waals surface area contributed by atoms with Gasteiger partial charge in [0.1, 0.15) is 5.75 Å². The maximum absolute atomic E-state index is 5.74. The van der Waals surface area contributed by atoms with Gasteiger partial charge in [-0.3, -0.25) is 4.98 Å². The fraction of sp³-hybridized carbons (Fsp3) is 0.643. The third-order valence-electron chi connectivity index (χ3n) is 3.91. The average Bonchev–Trinajstić information content (AvgIpc) is 2.42. The number of hydrogen-bond acceptors (Lipinski definition) is 3. The highest BCUT2D eigenvalue weighted by Gasteiger charge is 2.19. The van der Waals surface area contributed by atoms with E-state index in [1.807, 2.05) is 26.2 Å². The summed E-state index contributed by atoms with van der Waals surface area (Å²) in [5.41, 5.74) is 1.03. The quantitative estimate of drug-likeness (QED) is 0.778. The largest absolute Gasteiger partial charge is 0.492 e. The Hall–Kier alpha value is -1.03.